The Balaban J connectivity index is 2.50. The molecule has 58 valence electrons. The smallest absolute Gasteiger partial charge is 0.183 e. The maximum atomic E-state index is 5.09. The van der Waals surface area contributed by atoms with Crippen molar-refractivity contribution in [3.05, 3.63) is 0 Å². The highest BCUT2D eigenvalue weighted by Crippen LogP contribution is 2.12. The first kappa shape index (κ1) is 7.58. The van der Waals surface area contributed by atoms with E-state index in [4.69, 9.17) is 4.74 Å². The Morgan fingerprint density at radius 2 is 2.30 bits per heavy atom. The van der Waals surface area contributed by atoms with Crippen LogP contribution in [0.5, 0.6) is 0 Å². The zero-order valence-corrected chi connectivity index (χ0v) is 6.76. The average Bonchev–Trinajstić information content (AvgIpc) is 2.13. The molecule has 0 N–H and O–H groups in total. The highest BCUT2D eigenvalue weighted by molar-refractivity contribution is 5.76. The predicted molar refractivity (Wildman–Crippen MR) is 42.4 cm³/mol. The maximum absolute atomic E-state index is 5.09. The summed E-state index contributed by atoms with van der Waals surface area (Å²) in [5, 5.41) is 0. The van der Waals surface area contributed by atoms with Crippen LogP contribution in [0.2, 0.25) is 0 Å². The molecule has 1 atom stereocenters. The molecule has 10 heavy (non-hydrogen) atoms. The van der Waals surface area contributed by atoms with Crippen LogP contribution in [-0.4, -0.2) is 19.0 Å². The second-order valence-corrected chi connectivity index (χ2v) is 2.82. The van der Waals surface area contributed by atoms with Crippen molar-refractivity contribution in [2.24, 2.45) is 4.99 Å². The summed E-state index contributed by atoms with van der Waals surface area (Å²) >= 11 is 0. The standard InChI is InChI=1S/C8H15NO/c1-7-5-3-4-6-8(9-7)10-2/h7H,3-6H2,1-2H3/t7-/m1/s1. The molecule has 1 rings (SSSR count). The quantitative estimate of drug-likeness (QED) is 0.505. The van der Waals surface area contributed by atoms with E-state index in [1.807, 2.05) is 0 Å². The van der Waals surface area contributed by atoms with E-state index < -0.39 is 0 Å². The Kier molecular flexibility index (Phi) is 2.72. The summed E-state index contributed by atoms with van der Waals surface area (Å²) in [4.78, 5) is 4.39. The fourth-order valence-corrected chi connectivity index (χ4v) is 1.25. The van der Waals surface area contributed by atoms with Gasteiger partial charge in [0.05, 0.1) is 13.2 Å². The van der Waals surface area contributed by atoms with Gasteiger partial charge in [0.15, 0.2) is 5.90 Å². The van der Waals surface area contributed by atoms with Crippen LogP contribution in [0.25, 0.3) is 0 Å². The molecule has 1 aliphatic rings. The summed E-state index contributed by atoms with van der Waals surface area (Å²) in [6, 6.07) is 0.470. The third-order valence-electron chi connectivity index (χ3n) is 1.86. The fraction of sp³-hybridized carbons (Fsp3) is 0.875. The molecule has 0 aromatic carbocycles. The summed E-state index contributed by atoms with van der Waals surface area (Å²) in [5.41, 5.74) is 0. The van der Waals surface area contributed by atoms with E-state index >= 15 is 0 Å². The van der Waals surface area contributed by atoms with Gasteiger partial charge in [0.2, 0.25) is 0 Å². The molecule has 0 saturated heterocycles. The SMILES string of the molecule is COC1=N[C@H](C)CCCC1. The van der Waals surface area contributed by atoms with Crippen molar-refractivity contribution in [2.45, 2.75) is 38.6 Å². The Labute approximate surface area is 62.3 Å². The van der Waals surface area contributed by atoms with Crippen molar-refractivity contribution < 1.29 is 4.74 Å². The third-order valence-corrected chi connectivity index (χ3v) is 1.86. The minimum Gasteiger partial charge on any atom is -0.484 e. The van der Waals surface area contributed by atoms with Crippen LogP contribution in [-0.2, 0) is 4.74 Å². The number of ether oxygens (including phenoxy) is 1. The molecule has 1 aliphatic heterocycles. The van der Waals surface area contributed by atoms with E-state index in [2.05, 4.69) is 11.9 Å². The lowest BCUT2D eigenvalue weighted by Gasteiger charge is -2.02. The molecular formula is C8H15NO. The van der Waals surface area contributed by atoms with Crippen LogP contribution < -0.4 is 0 Å². The average molecular weight is 141 g/mol. The predicted octanol–water partition coefficient (Wildman–Crippen LogP) is 1.99. The van der Waals surface area contributed by atoms with Crippen LogP contribution in [0.4, 0.5) is 0 Å². The van der Waals surface area contributed by atoms with Gasteiger partial charge in [0.1, 0.15) is 0 Å². The highest BCUT2D eigenvalue weighted by Gasteiger charge is 2.08. The molecule has 0 spiro atoms. The second-order valence-electron chi connectivity index (χ2n) is 2.82. The molecule has 0 unspecified atom stereocenters. The van der Waals surface area contributed by atoms with Crippen molar-refractivity contribution >= 4 is 5.90 Å². The van der Waals surface area contributed by atoms with Gasteiger partial charge in [0, 0.05) is 6.42 Å². The van der Waals surface area contributed by atoms with Crippen LogP contribution in [0, 0.1) is 0 Å². The Morgan fingerprint density at radius 1 is 1.50 bits per heavy atom. The molecule has 0 fully saturated rings. The van der Waals surface area contributed by atoms with Crippen LogP contribution >= 0.6 is 0 Å². The van der Waals surface area contributed by atoms with Crippen molar-refractivity contribution in [3.63, 3.8) is 0 Å². The van der Waals surface area contributed by atoms with E-state index in [0.29, 0.717) is 6.04 Å². The Bertz CT molecular complexity index is 131. The van der Waals surface area contributed by atoms with Crippen LogP contribution in [0.1, 0.15) is 32.6 Å². The molecule has 0 amide bonds. The third kappa shape index (κ3) is 2.01. The van der Waals surface area contributed by atoms with Gasteiger partial charge in [-0.1, -0.05) is 6.42 Å². The number of nitrogens with zero attached hydrogens (tertiary/aromatic N) is 1. The molecule has 0 aliphatic carbocycles. The summed E-state index contributed by atoms with van der Waals surface area (Å²) < 4.78 is 5.09. The number of aliphatic imine (C=N–C) groups is 1. The summed E-state index contributed by atoms with van der Waals surface area (Å²) in [7, 11) is 1.71. The zero-order chi connectivity index (χ0) is 7.40. The van der Waals surface area contributed by atoms with Crippen molar-refractivity contribution in [2.75, 3.05) is 7.11 Å². The molecule has 0 aromatic heterocycles. The molecule has 0 bridgehead atoms. The topological polar surface area (TPSA) is 21.6 Å². The lowest BCUT2D eigenvalue weighted by atomic mass is 10.1. The van der Waals surface area contributed by atoms with Gasteiger partial charge in [-0.2, -0.15) is 0 Å². The van der Waals surface area contributed by atoms with Crippen LogP contribution in [0.3, 0.4) is 0 Å². The first-order chi connectivity index (χ1) is 4.83. The van der Waals surface area contributed by atoms with Gasteiger partial charge >= 0.3 is 0 Å². The first-order valence-corrected chi connectivity index (χ1v) is 3.93. The largest absolute Gasteiger partial charge is 0.484 e. The van der Waals surface area contributed by atoms with Gasteiger partial charge in [-0.05, 0) is 19.8 Å². The van der Waals surface area contributed by atoms with Gasteiger partial charge in [-0.15, -0.1) is 0 Å². The minimum absolute atomic E-state index is 0.470. The molecule has 0 radical (unpaired) electrons. The minimum atomic E-state index is 0.470. The molecule has 1 heterocycles. The Hall–Kier alpha value is -0.530. The van der Waals surface area contributed by atoms with Crippen molar-refractivity contribution in [3.8, 4) is 0 Å². The van der Waals surface area contributed by atoms with E-state index in [0.717, 1.165) is 12.3 Å². The van der Waals surface area contributed by atoms with Gasteiger partial charge in [-0.3, -0.25) is 4.99 Å². The van der Waals surface area contributed by atoms with Crippen molar-refractivity contribution in [1.29, 1.82) is 0 Å². The molecular weight excluding hydrogens is 126 g/mol. The second kappa shape index (κ2) is 3.59. The van der Waals surface area contributed by atoms with Gasteiger partial charge in [0.25, 0.3) is 0 Å². The first-order valence-electron chi connectivity index (χ1n) is 3.93. The summed E-state index contributed by atoms with van der Waals surface area (Å²) in [6.45, 7) is 2.14. The van der Waals surface area contributed by atoms with E-state index in [1.54, 1.807) is 7.11 Å². The lowest BCUT2D eigenvalue weighted by Crippen LogP contribution is -2.03. The molecule has 2 heteroatoms. The van der Waals surface area contributed by atoms with Crippen molar-refractivity contribution in [1.82, 2.24) is 0 Å². The van der Waals surface area contributed by atoms with Gasteiger partial charge < -0.3 is 4.74 Å². The summed E-state index contributed by atoms with van der Waals surface area (Å²) in [6.07, 6.45) is 4.77. The highest BCUT2D eigenvalue weighted by atomic mass is 16.5. The number of rotatable bonds is 0. The number of hydrogen-bond acceptors (Lipinski definition) is 2. The van der Waals surface area contributed by atoms with E-state index in [9.17, 15) is 0 Å². The lowest BCUT2D eigenvalue weighted by molar-refractivity contribution is 0.387. The van der Waals surface area contributed by atoms with E-state index in [1.165, 1.54) is 19.3 Å². The molecule has 0 saturated carbocycles. The normalized spacial score (nSPS) is 27.0. The van der Waals surface area contributed by atoms with E-state index in [-0.39, 0.29) is 0 Å². The number of methoxy groups -OCH3 is 1. The maximum Gasteiger partial charge on any atom is 0.183 e. The summed E-state index contributed by atoms with van der Waals surface area (Å²) in [5.74, 6) is 0.935. The number of hydrogen-bond donors (Lipinski definition) is 0. The monoisotopic (exact) mass is 141 g/mol. The fourth-order valence-electron chi connectivity index (χ4n) is 1.25. The Morgan fingerprint density at radius 3 is 3.00 bits per heavy atom. The van der Waals surface area contributed by atoms with Gasteiger partial charge in [-0.25, -0.2) is 0 Å². The molecule has 0 aromatic rings. The van der Waals surface area contributed by atoms with Crippen LogP contribution in [0.15, 0.2) is 4.99 Å². The molecule has 2 nitrogen and oxygen atoms in total. The zero-order valence-electron chi connectivity index (χ0n) is 6.76.